The minimum Gasteiger partial charge on any atom is -0.382 e. The first-order valence-corrected chi connectivity index (χ1v) is 26.3. The first-order valence-electron chi connectivity index (χ1n) is 21.7. The molecule has 0 radical (unpaired) electrons. The number of nitrogens with two attached hydrogens (primary N) is 1. The van der Waals surface area contributed by atoms with Crippen LogP contribution in [0.25, 0.3) is 11.3 Å². The lowest BCUT2D eigenvalue weighted by Gasteiger charge is -2.44. The minimum absolute atomic E-state index is 0.208. The number of aromatic nitrogens is 7. The summed E-state index contributed by atoms with van der Waals surface area (Å²) in [5, 5.41) is 0.444. The van der Waals surface area contributed by atoms with Gasteiger partial charge in [0.1, 0.15) is 5.82 Å². The molecule has 2 spiro atoms. The molecule has 2 aliphatic carbocycles. The fraction of sp³-hybridized carbons (Fsp3) is 0.605. The Bertz CT molecular complexity index is 2440. The third-order valence-electron chi connectivity index (χ3n) is 13.3. The first kappa shape index (κ1) is 45.9. The molecular weight excluding hydrogens is 975 g/mol. The van der Waals surface area contributed by atoms with Crippen molar-refractivity contribution in [1.82, 2.24) is 43.2 Å². The van der Waals surface area contributed by atoms with E-state index in [2.05, 4.69) is 65.6 Å². The number of pyridine rings is 1. The zero-order valence-corrected chi connectivity index (χ0v) is 41.9. The monoisotopic (exact) mass is 1030 g/mol. The Morgan fingerprint density at radius 2 is 1.19 bits per heavy atom. The van der Waals surface area contributed by atoms with Gasteiger partial charge in [-0.1, -0.05) is 36.2 Å². The number of hydrogen-bond acceptors (Lipinski definition) is 11. The number of imidazole rings is 2. The van der Waals surface area contributed by atoms with Crippen molar-refractivity contribution in [2.75, 3.05) is 41.7 Å². The van der Waals surface area contributed by atoms with Crippen LogP contribution in [0.3, 0.4) is 0 Å². The molecular formula is C43H60ClIN12O2S3. The molecule has 19 heteroatoms. The second kappa shape index (κ2) is 18.3. The summed E-state index contributed by atoms with van der Waals surface area (Å²) < 4.78 is 37.2. The summed E-state index contributed by atoms with van der Waals surface area (Å²) in [6.07, 6.45) is 24.5. The van der Waals surface area contributed by atoms with Crippen LogP contribution in [0.1, 0.15) is 106 Å². The van der Waals surface area contributed by atoms with Gasteiger partial charge in [-0.3, -0.25) is 8.80 Å². The smallest absolute Gasteiger partial charge is 0.211 e. The Balaban J connectivity index is 0.000000176. The van der Waals surface area contributed by atoms with Crippen molar-refractivity contribution in [2.24, 2.45) is 10.8 Å². The SMILES string of the molecule is CC(C)(C)[S@@](=O)N[C@@H]1CCCC12CCN(c1ncc(I)c3nccn13)CC2.CC(C)(C)[S@@](=O)N[C@@H]1CCCC12CCN(c1ncc(Sc3ccnc(N)c3Cl)c3nccn13)CC2. The molecule has 5 aromatic heterocycles. The average molecular weight is 1040 g/mol. The van der Waals surface area contributed by atoms with E-state index >= 15 is 0 Å². The van der Waals surface area contributed by atoms with Crippen LogP contribution in [0.4, 0.5) is 17.7 Å². The summed E-state index contributed by atoms with van der Waals surface area (Å²) in [5.74, 6) is 2.20. The van der Waals surface area contributed by atoms with Gasteiger partial charge in [0.15, 0.2) is 11.3 Å². The maximum absolute atomic E-state index is 12.8. The number of hydrogen-bond donors (Lipinski definition) is 3. The van der Waals surface area contributed by atoms with Crippen molar-refractivity contribution < 1.29 is 8.42 Å². The molecule has 4 N–H and O–H groups in total. The maximum Gasteiger partial charge on any atom is 0.211 e. The number of nitrogen functional groups attached to an aromatic ring is 1. The van der Waals surface area contributed by atoms with Crippen molar-refractivity contribution in [2.45, 2.75) is 137 Å². The molecule has 4 aliphatic rings. The van der Waals surface area contributed by atoms with Crippen LogP contribution in [0.15, 0.2) is 59.2 Å². The van der Waals surface area contributed by atoms with E-state index in [1.165, 1.54) is 37.4 Å². The molecule has 62 heavy (non-hydrogen) atoms. The molecule has 4 fully saturated rings. The van der Waals surface area contributed by atoms with E-state index in [-0.39, 0.29) is 20.3 Å². The molecule has 9 rings (SSSR count). The third kappa shape index (κ3) is 9.39. The lowest BCUT2D eigenvalue weighted by Crippen LogP contribution is -2.51. The molecule has 5 aromatic rings. The van der Waals surface area contributed by atoms with Crippen LogP contribution >= 0.6 is 46.0 Å². The predicted octanol–water partition coefficient (Wildman–Crippen LogP) is 8.23. The summed E-state index contributed by atoms with van der Waals surface area (Å²) in [5.41, 5.74) is 8.17. The molecule has 336 valence electrons. The largest absolute Gasteiger partial charge is 0.382 e. The van der Waals surface area contributed by atoms with Gasteiger partial charge in [0.05, 0.1) is 45.0 Å². The normalized spacial score (nSPS) is 22.4. The Hall–Kier alpha value is -2.62. The van der Waals surface area contributed by atoms with Gasteiger partial charge >= 0.3 is 0 Å². The van der Waals surface area contributed by atoms with Gasteiger partial charge in [0.25, 0.3) is 0 Å². The van der Waals surface area contributed by atoms with Crippen LogP contribution in [-0.4, -0.2) is 89.9 Å². The van der Waals surface area contributed by atoms with Crippen molar-refractivity contribution in [3.63, 3.8) is 0 Å². The zero-order chi connectivity index (χ0) is 44.0. The standard InChI is InChI=1S/C24H32ClN7OS2.C19H28IN5OS/c1-23(2,3)35(33)30-18-5-4-7-24(18)8-12-31(13-9-24)22-29-15-17(21-28-11-14-32(21)22)34-16-6-10-27-20(26)19(16)25;1-18(2,3)27(26)23-15-5-4-6-19(15)7-10-24(11-8-19)17-22-13-14(20)16-21-9-12-25(16)17/h6,10-11,14-15,18,30H,4-5,7-9,12-13H2,1-3H3,(H2,26,27);9,12-13,15,23H,4-8,10-11H2,1-3H3/t18-,35-;15-,27-/m11/s1. The van der Waals surface area contributed by atoms with E-state index in [0.29, 0.717) is 22.9 Å². The summed E-state index contributed by atoms with van der Waals surface area (Å²) in [4.78, 5) is 29.1. The van der Waals surface area contributed by atoms with Crippen LogP contribution in [-0.2, 0) is 22.0 Å². The Morgan fingerprint density at radius 3 is 1.71 bits per heavy atom. The van der Waals surface area contributed by atoms with Crippen molar-refractivity contribution in [3.8, 4) is 0 Å². The van der Waals surface area contributed by atoms with E-state index in [1.807, 2.05) is 78.6 Å². The predicted molar refractivity (Wildman–Crippen MR) is 262 cm³/mol. The van der Waals surface area contributed by atoms with Crippen molar-refractivity contribution >= 4 is 96.9 Å². The van der Waals surface area contributed by atoms with Crippen LogP contribution < -0.4 is 25.0 Å². The van der Waals surface area contributed by atoms with E-state index in [1.54, 1.807) is 12.4 Å². The summed E-state index contributed by atoms with van der Waals surface area (Å²) >= 11 is 10.1. The second-order valence-corrected chi connectivity index (χ2v) is 25.9. The quantitative estimate of drug-likeness (QED) is 0.128. The van der Waals surface area contributed by atoms with Gasteiger partial charge in [-0.05, 0) is 132 Å². The van der Waals surface area contributed by atoms with E-state index in [0.717, 1.165) is 101 Å². The number of halogens is 2. The molecule has 4 atom stereocenters. The molecule has 0 amide bonds. The number of piperidine rings is 2. The van der Waals surface area contributed by atoms with Gasteiger partial charge in [0, 0.05) is 86.5 Å². The van der Waals surface area contributed by atoms with Gasteiger partial charge in [-0.2, -0.15) is 0 Å². The number of nitrogens with one attached hydrogen (secondary N) is 2. The minimum atomic E-state index is -1.05. The van der Waals surface area contributed by atoms with Gasteiger partial charge < -0.3 is 15.5 Å². The van der Waals surface area contributed by atoms with E-state index < -0.39 is 22.0 Å². The van der Waals surface area contributed by atoms with Crippen LogP contribution in [0.2, 0.25) is 5.02 Å². The highest BCUT2D eigenvalue weighted by Gasteiger charge is 2.47. The summed E-state index contributed by atoms with van der Waals surface area (Å²) in [7, 11) is -2.05. The van der Waals surface area contributed by atoms with Gasteiger partial charge in [-0.25, -0.2) is 42.8 Å². The van der Waals surface area contributed by atoms with Crippen molar-refractivity contribution in [3.05, 3.63) is 58.0 Å². The fourth-order valence-electron chi connectivity index (χ4n) is 9.70. The first-order chi connectivity index (χ1) is 29.5. The molecule has 14 nitrogen and oxygen atoms in total. The maximum atomic E-state index is 12.8. The molecule has 0 bridgehead atoms. The van der Waals surface area contributed by atoms with Crippen molar-refractivity contribution in [1.29, 1.82) is 0 Å². The molecule has 0 aromatic carbocycles. The van der Waals surface area contributed by atoms with Gasteiger partial charge in [-0.15, -0.1) is 0 Å². The summed E-state index contributed by atoms with van der Waals surface area (Å²) in [6.45, 7) is 16.0. The van der Waals surface area contributed by atoms with E-state index in [9.17, 15) is 8.42 Å². The second-order valence-electron chi connectivity index (χ2n) is 19.3. The Labute approximate surface area is 393 Å². The lowest BCUT2D eigenvalue weighted by atomic mass is 9.74. The third-order valence-corrected chi connectivity index (χ3v) is 18.9. The lowest BCUT2D eigenvalue weighted by molar-refractivity contribution is 0.187. The number of fused-ring (bicyclic) bond motifs is 2. The number of rotatable bonds is 8. The van der Waals surface area contributed by atoms with Gasteiger partial charge in [0.2, 0.25) is 11.9 Å². The Kier molecular flexibility index (Phi) is 13.6. The number of nitrogens with zero attached hydrogens (tertiary/aromatic N) is 9. The Morgan fingerprint density at radius 1 is 0.710 bits per heavy atom. The topological polar surface area (TPSA) is 164 Å². The molecule has 0 unspecified atom stereocenters. The number of anilines is 3. The molecule has 2 saturated carbocycles. The highest BCUT2D eigenvalue weighted by atomic mass is 127. The van der Waals surface area contributed by atoms with Crippen LogP contribution in [0.5, 0.6) is 0 Å². The highest BCUT2D eigenvalue weighted by Crippen LogP contribution is 2.49. The highest BCUT2D eigenvalue weighted by molar-refractivity contribution is 14.1. The molecule has 7 heterocycles. The molecule has 2 saturated heterocycles. The molecule has 2 aliphatic heterocycles. The average Bonchev–Trinajstić information content (AvgIpc) is 4.07. The van der Waals surface area contributed by atoms with Crippen LogP contribution in [0, 0.1) is 14.4 Å². The zero-order valence-electron chi connectivity index (χ0n) is 36.6. The van der Waals surface area contributed by atoms with E-state index in [4.69, 9.17) is 27.3 Å². The summed E-state index contributed by atoms with van der Waals surface area (Å²) in [6, 6.07) is 2.51. The fourth-order valence-corrected chi connectivity index (χ4v) is 13.3.